The summed E-state index contributed by atoms with van der Waals surface area (Å²) in [5.41, 5.74) is 3.42. The first-order chi connectivity index (χ1) is 12.6. The number of benzene rings is 2. The number of carbonyl (C=O) groups excluding carboxylic acids is 2. The van der Waals surface area contributed by atoms with Crippen LogP contribution < -0.4 is 10.6 Å². The van der Waals surface area contributed by atoms with Crippen molar-refractivity contribution in [2.45, 2.75) is 51.6 Å². The molecule has 2 aromatic carbocycles. The molecule has 1 saturated carbocycles. The van der Waals surface area contributed by atoms with Crippen LogP contribution >= 0.6 is 0 Å². The second-order valence-corrected chi connectivity index (χ2v) is 6.99. The van der Waals surface area contributed by atoms with Gasteiger partial charge in [0.05, 0.1) is 0 Å². The minimum atomic E-state index is -0.132. The Bertz CT molecular complexity index is 762. The summed E-state index contributed by atoms with van der Waals surface area (Å²) in [5.74, 6) is -0.184. The maximum Gasteiger partial charge on any atom is 0.251 e. The number of hydrogen-bond acceptors (Lipinski definition) is 2. The molecule has 1 aliphatic carbocycles. The molecule has 2 N–H and O–H groups in total. The summed E-state index contributed by atoms with van der Waals surface area (Å²) in [6.07, 6.45) is 5.75. The van der Waals surface area contributed by atoms with Crippen molar-refractivity contribution in [3.05, 3.63) is 70.8 Å². The van der Waals surface area contributed by atoms with Crippen LogP contribution in [0.2, 0.25) is 0 Å². The fourth-order valence-corrected chi connectivity index (χ4v) is 3.37. The van der Waals surface area contributed by atoms with Crippen molar-refractivity contribution < 1.29 is 9.59 Å². The van der Waals surface area contributed by atoms with Crippen molar-refractivity contribution in [1.29, 1.82) is 0 Å². The molecule has 4 nitrogen and oxygen atoms in total. The van der Waals surface area contributed by atoms with Gasteiger partial charge in [0.1, 0.15) is 0 Å². The van der Waals surface area contributed by atoms with E-state index in [4.69, 9.17) is 0 Å². The predicted molar refractivity (Wildman–Crippen MR) is 103 cm³/mol. The summed E-state index contributed by atoms with van der Waals surface area (Å²) >= 11 is 0. The Morgan fingerprint density at radius 3 is 2.15 bits per heavy atom. The quantitative estimate of drug-likeness (QED) is 0.857. The molecule has 4 heteroatoms. The van der Waals surface area contributed by atoms with E-state index in [1.807, 2.05) is 31.2 Å². The zero-order chi connectivity index (χ0) is 18.4. The second-order valence-electron chi connectivity index (χ2n) is 6.99. The summed E-state index contributed by atoms with van der Waals surface area (Å²) in [5, 5.41) is 6.03. The van der Waals surface area contributed by atoms with Crippen LogP contribution in [0.5, 0.6) is 0 Å². The van der Waals surface area contributed by atoms with E-state index < -0.39 is 0 Å². The Morgan fingerprint density at radius 1 is 0.885 bits per heavy atom. The van der Waals surface area contributed by atoms with Crippen molar-refractivity contribution in [2.75, 3.05) is 0 Å². The summed E-state index contributed by atoms with van der Waals surface area (Å²) in [6.45, 7) is 2.52. The maximum atomic E-state index is 12.3. The third-order valence-corrected chi connectivity index (χ3v) is 5.05. The van der Waals surface area contributed by atoms with E-state index in [-0.39, 0.29) is 17.9 Å². The predicted octanol–water partition coefficient (Wildman–Crippen LogP) is 3.99. The molecule has 0 saturated heterocycles. The molecule has 0 aliphatic heterocycles. The fourth-order valence-electron chi connectivity index (χ4n) is 3.37. The normalized spacial score (nSPS) is 14.7. The molecule has 0 heterocycles. The van der Waals surface area contributed by atoms with E-state index in [2.05, 4.69) is 10.6 Å². The Kier molecular flexibility index (Phi) is 6.05. The summed E-state index contributed by atoms with van der Waals surface area (Å²) in [7, 11) is 0. The summed E-state index contributed by atoms with van der Waals surface area (Å²) in [6, 6.07) is 15.1. The van der Waals surface area contributed by atoms with Crippen LogP contribution in [0, 0.1) is 6.92 Å². The van der Waals surface area contributed by atoms with E-state index >= 15 is 0 Å². The third-order valence-electron chi connectivity index (χ3n) is 5.05. The van der Waals surface area contributed by atoms with Crippen molar-refractivity contribution in [2.24, 2.45) is 0 Å². The summed E-state index contributed by atoms with van der Waals surface area (Å²) in [4.78, 5) is 24.6. The lowest BCUT2D eigenvalue weighted by Crippen LogP contribution is -2.36. The Morgan fingerprint density at radius 2 is 1.50 bits per heavy atom. The topological polar surface area (TPSA) is 58.2 Å². The molecule has 26 heavy (non-hydrogen) atoms. The van der Waals surface area contributed by atoms with Crippen LogP contribution in [0.4, 0.5) is 0 Å². The number of aryl methyl sites for hydroxylation is 1. The van der Waals surface area contributed by atoms with Gasteiger partial charge in [0.25, 0.3) is 11.8 Å². The van der Waals surface area contributed by atoms with Gasteiger partial charge in [-0.25, -0.2) is 0 Å². The second kappa shape index (κ2) is 8.65. The fraction of sp³-hybridized carbons (Fsp3) is 0.364. The van der Waals surface area contributed by atoms with Gasteiger partial charge in [-0.15, -0.1) is 0 Å². The first kappa shape index (κ1) is 18.2. The molecule has 2 aromatic rings. The van der Waals surface area contributed by atoms with E-state index in [0.29, 0.717) is 17.7 Å². The number of amides is 2. The Balaban J connectivity index is 1.55. The van der Waals surface area contributed by atoms with Crippen molar-refractivity contribution in [3.63, 3.8) is 0 Å². The highest BCUT2D eigenvalue weighted by atomic mass is 16.2. The smallest absolute Gasteiger partial charge is 0.251 e. The molecule has 0 aromatic heterocycles. The number of carbonyl (C=O) groups is 2. The molecule has 1 fully saturated rings. The minimum Gasteiger partial charge on any atom is -0.349 e. The van der Waals surface area contributed by atoms with Crippen LogP contribution in [-0.4, -0.2) is 17.9 Å². The van der Waals surface area contributed by atoms with Crippen LogP contribution in [0.3, 0.4) is 0 Å². The first-order valence-corrected chi connectivity index (χ1v) is 9.37. The molecule has 0 radical (unpaired) electrons. The molecular formula is C22H26N2O2. The van der Waals surface area contributed by atoms with Crippen molar-refractivity contribution >= 4 is 11.8 Å². The van der Waals surface area contributed by atoms with E-state index in [9.17, 15) is 9.59 Å². The van der Waals surface area contributed by atoms with Crippen LogP contribution in [0.25, 0.3) is 0 Å². The zero-order valence-corrected chi connectivity index (χ0v) is 15.3. The van der Waals surface area contributed by atoms with E-state index in [1.54, 1.807) is 24.3 Å². The Hall–Kier alpha value is -2.62. The van der Waals surface area contributed by atoms with Gasteiger partial charge in [-0.3, -0.25) is 9.59 Å². The minimum absolute atomic E-state index is 0.0521. The van der Waals surface area contributed by atoms with Gasteiger partial charge in [0.15, 0.2) is 0 Å². The average molecular weight is 350 g/mol. The molecule has 0 atom stereocenters. The molecule has 0 unspecified atom stereocenters. The monoisotopic (exact) mass is 350 g/mol. The highest BCUT2D eigenvalue weighted by molar-refractivity contribution is 5.97. The average Bonchev–Trinajstić information content (AvgIpc) is 2.68. The highest BCUT2D eigenvalue weighted by Crippen LogP contribution is 2.18. The van der Waals surface area contributed by atoms with Gasteiger partial charge < -0.3 is 10.6 Å². The summed E-state index contributed by atoms with van der Waals surface area (Å²) < 4.78 is 0. The van der Waals surface area contributed by atoms with Crippen LogP contribution in [-0.2, 0) is 6.54 Å². The maximum absolute atomic E-state index is 12.3. The Labute approximate surface area is 155 Å². The molecule has 3 rings (SSSR count). The van der Waals surface area contributed by atoms with Gasteiger partial charge in [0, 0.05) is 23.7 Å². The molecule has 1 aliphatic rings. The van der Waals surface area contributed by atoms with Crippen molar-refractivity contribution in [1.82, 2.24) is 10.6 Å². The van der Waals surface area contributed by atoms with E-state index in [0.717, 1.165) is 24.0 Å². The molecular weight excluding hydrogens is 324 g/mol. The van der Waals surface area contributed by atoms with Crippen molar-refractivity contribution in [3.8, 4) is 0 Å². The zero-order valence-electron chi connectivity index (χ0n) is 15.3. The highest BCUT2D eigenvalue weighted by Gasteiger charge is 2.17. The van der Waals surface area contributed by atoms with E-state index in [1.165, 1.54) is 19.3 Å². The standard InChI is InChI=1S/C22H26N2O2/c1-16-7-5-6-8-19(16)15-23-21(25)17-11-13-18(14-12-17)22(26)24-20-9-3-2-4-10-20/h5-8,11-14,20H,2-4,9-10,15H2,1H3,(H,23,25)(H,24,26). The SMILES string of the molecule is Cc1ccccc1CNC(=O)c1ccc(C(=O)NC2CCCCC2)cc1. The van der Waals surface area contributed by atoms with Gasteiger partial charge in [-0.1, -0.05) is 43.5 Å². The molecule has 0 bridgehead atoms. The number of hydrogen-bond donors (Lipinski definition) is 2. The first-order valence-electron chi connectivity index (χ1n) is 9.37. The van der Waals surface area contributed by atoms with Gasteiger partial charge >= 0.3 is 0 Å². The van der Waals surface area contributed by atoms with Crippen LogP contribution in [0.1, 0.15) is 63.9 Å². The lowest BCUT2D eigenvalue weighted by molar-refractivity contribution is 0.0922. The van der Waals surface area contributed by atoms with Gasteiger partial charge in [-0.05, 0) is 55.2 Å². The lowest BCUT2D eigenvalue weighted by Gasteiger charge is -2.22. The number of nitrogens with one attached hydrogen (secondary N) is 2. The molecule has 0 spiro atoms. The molecule has 136 valence electrons. The van der Waals surface area contributed by atoms with Crippen LogP contribution in [0.15, 0.2) is 48.5 Å². The molecule has 2 amide bonds. The lowest BCUT2D eigenvalue weighted by atomic mass is 9.95. The van der Waals surface area contributed by atoms with Gasteiger partial charge in [0.2, 0.25) is 0 Å². The largest absolute Gasteiger partial charge is 0.349 e. The number of rotatable bonds is 5. The third kappa shape index (κ3) is 4.72. The van der Waals surface area contributed by atoms with Gasteiger partial charge in [-0.2, -0.15) is 0 Å².